The van der Waals surface area contributed by atoms with Crippen LogP contribution in [0.1, 0.15) is 19.3 Å². The van der Waals surface area contributed by atoms with Gasteiger partial charge in [-0.25, -0.2) is 0 Å². The van der Waals surface area contributed by atoms with E-state index in [2.05, 4.69) is 22.8 Å². The van der Waals surface area contributed by atoms with Gasteiger partial charge in [0.1, 0.15) is 0 Å². The van der Waals surface area contributed by atoms with Crippen molar-refractivity contribution < 1.29 is 14.4 Å². The fourth-order valence-corrected chi connectivity index (χ4v) is 4.27. The van der Waals surface area contributed by atoms with Crippen molar-refractivity contribution in [3.8, 4) is 0 Å². The van der Waals surface area contributed by atoms with Gasteiger partial charge in [0.25, 0.3) is 0 Å². The maximum Gasteiger partial charge on any atom is 0.234 e. The van der Waals surface area contributed by atoms with Crippen LogP contribution in [0.15, 0.2) is 12.2 Å². The second-order valence-electron chi connectivity index (χ2n) is 7.25. The largest absolute Gasteiger partial charge is 0.353 e. The third-order valence-corrected chi connectivity index (χ3v) is 5.63. The Kier molecular flexibility index (Phi) is 3.71. The summed E-state index contributed by atoms with van der Waals surface area (Å²) in [5.41, 5.74) is 0. The number of fused-ring (bicyclic) bond motifs is 5. The molecule has 6 nitrogen and oxygen atoms in total. The molecule has 2 saturated carbocycles. The first-order valence-electron chi connectivity index (χ1n) is 8.66. The lowest BCUT2D eigenvalue weighted by molar-refractivity contribution is -0.141. The fraction of sp³-hybridized carbons (Fsp3) is 0.706. The molecule has 3 amide bonds. The first kappa shape index (κ1) is 14.9. The van der Waals surface area contributed by atoms with E-state index in [1.54, 1.807) is 0 Å². The van der Waals surface area contributed by atoms with Crippen molar-refractivity contribution in [2.75, 3.05) is 26.2 Å². The van der Waals surface area contributed by atoms with Crippen LogP contribution in [0, 0.1) is 29.6 Å². The average molecular weight is 317 g/mol. The monoisotopic (exact) mass is 317 g/mol. The van der Waals surface area contributed by atoms with Crippen molar-refractivity contribution in [2.45, 2.75) is 19.3 Å². The first-order chi connectivity index (χ1) is 11.1. The molecular formula is C17H23N3O3. The molecule has 6 heteroatoms. The molecule has 124 valence electrons. The number of nitrogens with one attached hydrogen (secondary N) is 2. The van der Waals surface area contributed by atoms with E-state index in [9.17, 15) is 14.4 Å². The van der Waals surface area contributed by atoms with E-state index in [1.807, 2.05) is 0 Å². The molecule has 1 saturated heterocycles. The van der Waals surface area contributed by atoms with Crippen LogP contribution in [0.25, 0.3) is 0 Å². The summed E-state index contributed by atoms with van der Waals surface area (Å²) in [4.78, 5) is 38.0. The van der Waals surface area contributed by atoms with Crippen LogP contribution >= 0.6 is 0 Å². The van der Waals surface area contributed by atoms with Crippen LogP contribution in [-0.2, 0) is 14.4 Å². The number of imide groups is 1. The normalized spacial score (nSPS) is 34.3. The minimum Gasteiger partial charge on any atom is -0.353 e. The van der Waals surface area contributed by atoms with Crippen LogP contribution in [-0.4, -0.2) is 48.8 Å². The Morgan fingerprint density at radius 1 is 1.13 bits per heavy atom. The van der Waals surface area contributed by atoms with Crippen LogP contribution in [0.2, 0.25) is 0 Å². The third-order valence-electron chi connectivity index (χ3n) is 5.63. The molecule has 4 unspecified atom stereocenters. The van der Waals surface area contributed by atoms with Crippen molar-refractivity contribution in [3.05, 3.63) is 12.2 Å². The van der Waals surface area contributed by atoms with Crippen molar-refractivity contribution in [2.24, 2.45) is 29.6 Å². The molecule has 3 fully saturated rings. The molecule has 2 N–H and O–H groups in total. The lowest BCUT2D eigenvalue weighted by Crippen LogP contribution is -2.42. The molecule has 0 aromatic rings. The molecule has 1 heterocycles. The van der Waals surface area contributed by atoms with E-state index in [1.165, 1.54) is 17.7 Å². The zero-order chi connectivity index (χ0) is 16.0. The molecule has 2 bridgehead atoms. The number of hydrogen-bond donors (Lipinski definition) is 2. The van der Waals surface area contributed by atoms with Crippen molar-refractivity contribution >= 4 is 17.7 Å². The molecule has 1 aliphatic heterocycles. The van der Waals surface area contributed by atoms with Gasteiger partial charge in [0, 0.05) is 13.1 Å². The molecule has 4 aliphatic rings. The number of hydrogen-bond acceptors (Lipinski definition) is 4. The molecule has 0 aromatic heterocycles. The Labute approximate surface area is 135 Å². The van der Waals surface area contributed by atoms with Gasteiger partial charge in [-0.2, -0.15) is 0 Å². The smallest absolute Gasteiger partial charge is 0.234 e. The summed E-state index contributed by atoms with van der Waals surface area (Å²) in [5.74, 6) is 0.774. The summed E-state index contributed by atoms with van der Waals surface area (Å²) in [6.07, 6.45) is 7.64. The highest BCUT2D eigenvalue weighted by atomic mass is 16.2. The van der Waals surface area contributed by atoms with Crippen molar-refractivity contribution in [1.29, 1.82) is 0 Å². The Bertz CT molecular complexity index is 539. The summed E-state index contributed by atoms with van der Waals surface area (Å²) in [6.45, 7) is 1.83. The van der Waals surface area contributed by atoms with E-state index in [-0.39, 0.29) is 41.4 Å². The lowest BCUT2D eigenvalue weighted by atomic mass is 9.85. The van der Waals surface area contributed by atoms with E-state index < -0.39 is 0 Å². The summed E-state index contributed by atoms with van der Waals surface area (Å²) in [5, 5.41) is 5.91. The predicted molar refractivity (Wildman–Crippen MR) is 83.0 cm³/mol. The quantitative estimate of drug-likeness (QED) is 0.508. The van der Waals surface area contributed by atoms with Gasteiger partial charge in [0.15, 0.2) is 0 Å². The van der Waals surface area contributed by atoms with Crippen LogP contribution in [0.4, 0.5) is 0 Å². The second kappa shape index (κ2) is 5.74. The average Bonchev–Trinajstić information content (AvgIpc) is 3.03. The number of carbonyl (C=O) groups is 3. The number of nitrogens with zero attached hydrogens (tertiary/aromatic N) is 1. The van der Waals surface area contributed by atoms with Crippen molar-refractivity contribution in [3.63, 3.8) is 0 Å². The Balaban J connectivity index is 1.23. The number of rotatable bonds is 7. The molecule has 23 heavy (non-hydrogen) atoms. The van der Waals surface area contributed by atoms with E-state index in [0.717, 1.165) is 18.9 Å². The Morgan fingerprint density at radius 2 is 1.78 bits per heavy atom. The summed E-state index contributed by atoms with van der Waals surface area (Å²) < 4.78 is 0. The lowest BCUT2D eigenvalue weighted by Gasteiger charge is -2.17. The molecule has 3 aliphatic carbocycles. The van der Waals surface area contributed by atoms with Crippen molar-refractivity contribution in [1.82, 2.24) is 15.5 Å². The first-order valence-corrected chi connectivity index (χ1v) is 8.66. The highest BCUT2D eigenvalue weighted by Crippen LogP contribution is 2.52. The van der Waals surface area contributed by atoms with Gasteiger partial charge in [-0.15, -0.1) is 0 Å². The summed E-state index contributed by atoms with van der Waals surface area (Å²) >= 11 is 0. The third kappa shape index (κ3) is 2.69. The van der Waals surface area contributed by atoms with Gasteiger partial charge in [-0.05, 0) is 43.6 Å². The van der Waals surface area contributed by atoms with Gasteiger partial charge in [0.05, 0.1) is 18.4 Å². The fourth-order valence-electron chi connectivity index (χ4n) is 4.27. The minimum absolute atomic E-state index is 0.0436. The zero-order valence-corrected chi connectivity index (χ0v) is 13.2. The summed E-state index contributed by atoms with van der Waals surface area (Å²) in [7, 11) is 0. The summed E-state index contributed by atoms with van der Waals surface area (Å²) in [6, 6.07) is 0. The Hall–Kier alpha value is -1.69. The molecule has 0 radical (unpaired) electrons. The zero-order valence-electron chi connectivity index (χ0n) is 13.2. The van der Waals surface area contributed by atoms with Crippen LogP contribution in [0.5, 0.6) is 0 Å². The molecule has 4 rings (SSSR count). The standard InChI is InChI=1S/C17H23N3O3/c21-13(9-18-8-10-1-2-10)19-5-6-20-16(22)14-11-3-4-12(7-11)15(14)17(20)23/h3-4,10-12,14-15,18H,1-2,5-9H2,(H,19,21). The number of allylic oxidation sites excluding steroid dienone is 2. The number of likely N-dealkylation sites (tertiary alicyclic amines) is 1. The molecule has 0 spiro atoms. The molecule has 0 aromatic carbocycles. The number of amides is 3. The van der Waals surface area contributed by atoms with Gasteiger partial charge >= 0.3 is 0 Å². The van der Waals surface area contributed by atoms with Gasteiger partial charge in [-0.1, -0.05) is 12.2 Å². The van der Waals surface area contributed by atoms with E-state index in [0.29, 0.717) is 19.6 Å². The maximum atomic E-state index is 12.5. The SMILES string of the molecule is O=C(CNCC1CC1)NCCN1C(=O)C2C3C=CC(C3)C2C1=O. The van der Waals surface area contributed by atoms with Gasteiger partial charge < -0.3 is 10.6 Å². The van der Waals surface area contributed by atoms with Gasteiger partial charge in [-0.3, -0.25) is 19.3 Å². The second-order valence-corrected chi connectivity index (χ2v) is 7.25. The van der Waals surface area contributed by atoms with E-state index in [4.69, 9.17) is 0 Å². The van der Waals surface area contributed by atoms with E-state index >= 15 is 0 Å². The van der Waals surface area contributed by atoms with Gasteiger partial charge in [0.2, 0.25) is 17.7 Å². The highest BCUT2D eigenvalue weighted by molar-refractivity contribution is 6.06. The Morgan fingerprint density at radius 3 is 2.39 bits per heavy atom. The molecule has 4 atom stereocenters. The maximum absolute atomic E-state index is 12.5. The topological polar surface area (TPSA) is 78.5 Å². The predicted octanol–water partition coefficient (Wildman–Crippen LogP) is -0.0907. The van der Waals surface area contributed by atoms with Crippen LogP contribution < -0.4 is 10.6 Å². The van der Waals surface area contributed by atoms with Crippen LogP contribution in [0.3, 0.4) is 0 Å². The minimum atomic E-state index is -0.145. The highest BCUT2D eigenvalue weighted by Gasteiger charge is 2.58. The molecular weight excluding hydrogens is 294 g/mol. The number of carbonyl (C=O) groups excluding carboxylic acids is 3.